The molecule has 0 bridgehead atoms. The number of hydrogen-bond acceptors (Lipinski definition) is 3. The van der Waals surface area contributed by atoms with E-state index in [-0.39, 0.29) is 27.4 Å². The Labute approximate surface area is 131 Å². The van der Waals surface area contributed by atoms with Crippen LogP contribution in [0.4, 0.5) is 0 Å². The van der Waals surface area contributed by atoms with Crippen LogP contribution < -0.4 is 5.32 Å². The average molecular weight is 333 g/mol. The first-order chi connectivity index (χ1) is 9.70. The minimum Gasteiger partial charge on any atom is -0.350 e. The van der Waals surface area contributed by atoms with Crippen molar-refractivity contribution in [3.8, 4) is 0 Å². The number of nitrogens with zero attached hydrogens (tertiary/aromatic N) is 1. The van der Waals surface area contributed by atoms with E-state index < -0.39 is 10.0 Å². The number of rotatable bonds is 6. The highest BCUT2D eigenvalue weighted by Crippen LogP contribution is 2.22. The molecule has 1 N–H and O–H groups in total. The molecule has 0 aliphatic heterocycles. The summed E-state index contributed by atoms with van der Waals surface area (Å²) in [5, 5.41) is 3.04. The Hall–Kier alpha value is -1.11. The third kappa shape index (κ3) is 4.43. The van der Waals surface area contributed by atoms with Crippen molar-refractivity contribution in [1.29, 1.82) is 0 Å². The first-order valence-electron chi connectivity index (χ1n) is 6.73. The van der Waals surface area contributed by atoms with Gasteiger partial charge in [-0.2, -0.15) is 0 Å². The standard InChI is InChI=1S/C14H21ClN2O3S/c1-5-6-10(2)16-14(18)12-9-11(7-8-13(12)15)21(19,20)17(3)4/h7-10H,5-6H2,1-4H3,(H,16,18)/t10-/m1/s1. The zero-order valence-electron chi connectivity index (χ0n) is 12.7. The maximum Gasteiger partial charge on any atom is 0.253 e. The molecule has 1 aromatic carbocycles. The van der Waals surface area contributed by atoms with Crippen LogP contribution in [0.3, 0.4) is 0 Å². The van der Waals surface area contributed by atoms with Gasteiger partial charge in [-0.1, -0.05) is 24.9 Å². The Morgan fingerprint density at radius 3 is 2.52 bits per heavy atom. The van der Waals surface area contributed by atoms with Crippen LogP contribution in [0.15, 0.2) is 23.1 Å². The third-order valence-electron chi connectivity index (χ3n) is 3.06. The van der Waals surface area contributed by atoms with Gasteiger partial charge in [0.25, 0.3) is 5.91 Å². The number of benzene rings is 1. The van der Waals surface area contributed by atoms with Crippen LogP contribution in [0.2, 0.25) is 5.02 Å². The molecule has 0 saturated heterocycles. The second-order valence-electron chi connectivity index (χ2n) is 5.09. The van der Waals surface area contributed by atoms with Gasteiger partial charge in [0.1, 0.15) is 0 Å². The SMILES string of the molecule is CCC[C@@H](C)NC(=O)c1cc(S(=O)(=O)N(C)C)ccc1Cl. The highest BCUT2D eigenvalue weighted by molar-refractivity contribution is 7.89. The summed E-state index contributed by atoms with van der Waals surface area (Å²) in [6.45, 7) is 3.93. The minimum absolute atomic E-state index is 0.00711. The van der Waals surface area contributed by atoms with Crippen LogP contribution in [-0.2, 0) is 10.0 Å². The molecule has 0 aliphatic carbocycles. The van der Waals surface area contributed by atoms with Crippen molar-refractivity contribution >= 4 is 27.5 Å². The monoisotopic (exact) mass is 332 g/mol. The molecule has 1 amide bonds. The van der Waals surface area contributed by atoms with E-state index in [1.165, 1.54) is 32.3 Å². The number of hydrogen-bond donors (Lipinski definition) is 1. The van der Waals surface area contributed by atoms with Gasteiger partial charge in [0, 0.05) is 20.1 Å². The van der Waals surface area contributed by atoms with E-state index >= 15 is 0 Å². The molecule has 0 aliphatic rings. The van der Waals surface area contributed by atoms with Crippen LogP contribution in [0.5, 0.6) is 0 Å². The molecule has 0 aromatic heterocycles. The van der Waals surface area contributed by atoms with Crippen LogP contribution in [0.1, 0.15) is 37.0 Å². The predicted octanol–water partition coefficient (Wildman–Crippen LogP) is 2.51. The molecule has 1 atom stereocenters. The summed E-state index contributed by atoms with van der Waals surface area (Å²) >= 11 is 6.01. The molecule has 1 rings (SSSR count). The lowest BCUT2D eigenvalue weighted by molar-refractivity contribution is 0.0938. The molecule has 0 fully saturated rings. The number of sulfonamides is 1. The lowest BCUT2D eigenvalue weighted by Gasteiger charge is -2.15. The third-order valence-corrected chi connectivity index (χ3v) is 5.20. The first-order valence-corrected chi connectivity index (χ1v) is 8.55. The van der Waals surface area contributed by atoms with Crippen molar-refractivity contribution in [2.75, 3.05) is 14.1 Å². The number of nitrogens with one attached hydrogen (secondary N) is 1. The molecule has 0 unspecified atom stereocenters. The molecule has 0 spiro atoms. The molecule has 5 nitrogen and oxygen atoms in total. The van der Waals surface area contributed by atoms with Crippen molar-refractivity contribution in [1.82, 2.24) is 9.62 Å². The molecular formula is C14H21ClN2O3S. The van der Waals surface area contributed by atoms with E-state index in [0.29, 0.717) is 0 Å². The van der Waals surface area contributed by atoms with E-state index in [4.69, 9.17) is 11.6 Å². The summed E-state index contributed by atoms with van der Waals surface area (Å²) in [6, 6.07) is 4.14. The van der Waals surface area contributed by atoms with Crippen molar-refractivity contribution in [2.45, 2.75) is 37.6 Å². The van der Waals surface area contributed by atoms with Crippen LogP contribution in [0, 0.1) is 0 Å². The summed E-state index contributed by atoms with van der Waals surface area (Å²) < 4.78 is 25.3. The summed E-state index contributed by atoms with van der Waals surface area (Å²) in [6.07, 6.45) is 1.79. The smallest absolute Gasteiger partial charge is 0.253 e. The Balaban J connectivity index is 3.11. The zero-order chi connectivity index (χ0) is 16.2. The average Bonchev–Trinajstić information content (AvgIpc) is 2.38. The minimum atomic E-state index is -3.59. The summed E-state index contributed by atoms with van der Waals surface area (Å²) in [5.41, 5.74) is 0.169. The van der Waals surface area contributed by atoms with Crippen molar-refractivity contribution < 1.29 is 13.2 Å². The zero-order valence-corrected chi connectivity index (χ0v) is 14.3. The quantitative estimate of drug-likeness (QED) is 0.870. The van der Waals surface area contributed by atoms with Crippen molar-refractivity contribution in [3.63, 3.8) is 0 Å². The predicted molar refractivity (Wildman–Crippen MR) is 84.2 cm³/mol. The fourth-order valence-electron chi connectivity index (χ4n) is 1.86. The van der Waals surface area contributed by atoms with Gasteiger partial charge < -0.3 is 5.32 Å². The molecular weight excluding hydrogens is 312 g/mol. The van der Waals surface area contributed by atoms with Gasteiger partial charge >= 0.3 is 0 Å². The molecule has 0 heterocycles. The van der Waals surface area contributed by atoms with E-state index in [2.05, 4.69) is 5.32 Å². The van der Waals surface area contributed by atoms with E-state index in [9.17, 15) is 13.2 Å². The highest BCUT2D eigenvalue weighted by Gasteiger charge is 2.21. The molecule has 0 radical (unpaired) electrons. The topological polar surface area (TPSA) is 66.5 Å². The van der Waals surface area contributed by atoms with E-state index in [1.807, 2.05) is 13.8 Å². The van der Waals surface area contributed by atoms with Gasteiger partial charge in [0.2, 0.25) is 10.0 Å². The van der Waals surface area contributed by atoms with Gasteiger partial charge in [-0.15, -0.1) is 0 Å². The summed E-state index contributed by atoms with van der Waals surface area (Å²) in [7, 11) is -0.719. The van der Waals surface area contributed by atoms with Crippen LogP contribution >= 0.6 is 11.6 Å². The molecule has 7 heteroatoms. The van der Waals surface area contributed by atoms with Crippen molar-refractivity contribution in [3.05, 3.63) is 28.8 Å². The van der Waals surface area contributed by atoms with Crippen molar-refractivity contribution in [2.24, 2.45) is 0 Å². The molecule has 0 saturated carbocycles. The first kappa shape index (κ1) is 17.9. The second kappa shape index (κ2) is 7.24. The Bertz CT molecular complexity index is 615. The van der Waals surface area contributed by atoms with Gasteiger partial charge in [0.15, 0.2) is 0 Å². The lowest BCUT2D eigenvalue weighted by atomic mass is 10.1. The van der Waals surface area contributed by atoms with Crippen LogP contribution in [-0.4, -0.2) is 38.8 Å². The summed E-state index contributed by atoms with van der Waals surface area (Å²) in [5.74, 6) is -0.364. The second-order valence-corrected chi connectivity index (χ2v) is 7.65. The van der Waals surface area contributed by atoms with Crippen LogP contribution in [0.25, 0.3) is 0 Å². The highest BCUT2D eigenvalue weighted by atomic mass is 35.5. The largest absolute Gasteiger partial charge is 0.350 e. The Morgan fingerprint density at radius 2 is 2.00 bits per heavy atom. The van der Waals surface area contributed by atoms with Gasteiger partial charge in [0.05, 0.1) is 15.5 Å². The lowest BCUT2D eigenvalue weighted by Crippen LogP contribution is -2.32. The number of amides is 1. The van der Waals surface area contributed by atoms with E-state index in [0.717, 1.165) is 17.1 Å². The normalized spacial score (nSPS) is 13.2. The fraction of sp³-hybridized carbons (Fsp3) is 0.500. The number of carbonyl (C=O) groups excluding carboxylic acids is 1. The molecule has 21 heavy (non-hydrogen) atoms. The maximum absolute atomic E-state index is 12.2. The van der Waals surface area contributed by atoms with Gasteiger partial charge in [-0.05, 0) is 31.5 Å². The van der Waals surface area contributed by atoms with E-state index in [1.54, 1.807) is 0 Å². The Morgan fingerprint density at radius 1 is 1.38 bits per heavy atom. The van der Waals surface area contributed by atoms with Gasteiger partial charge in [-0.25, -0.2) is 12.7 Å². The fourth-order valence-corrected chi connectivity index (χ4v) is 2.99. The Kier molecular flexibility index (Phi) is 6.19. The number of halogens is 1. The molecule has 118 valence electrons. The summed E-state index contributed by atoms with van der Waals surface area (Å²) in [4.78, 5) is 12.2. The number of carbonyl (C=O) groups is 1. The van der Waals surface area contributed by atoms with Gasteiger partial charge in [-0.3, -0.25) is 4.79 Å². The maximum atomic E-state index is 12.2. The molecule has 1 aromatic rings.